The lowest BCUT2D eigenvalue weighted by atomic mass is 9.90. The molecule has 1 rings (SSSR count). The molecule has 0 saturated carbocycles. The van der Waals surface area contributed by atoms with Crippen LogP contribution in [0.25, 0.3) is 0 Å². The van der Waals surface area contributed by atoms with Crippen LogP contribution in [0.5, 0.6) is 0 Å². The summed E-state index contributed by atoms with van der Waals surface area (Å²) < 4.78 is 5.09. The average molecular weight is 228 g/mol. The monoisotopic (exact) mass is 228 g/mol. The van der Waals surface area contributed by atoms with Gasteiger partial charge < -0.3 is 10.1 Å². The van der Waals surface area contributed by atoms with E-state index >= 15 is 0 Å². The second-order valence-corrected chi connectivity index (χ2v) is 5.42. The van der Waals surface area contributed by atoms with E-state index in [2.05, 4.69) is 24.1 Å². The molecule has 0 saturated heterocycles. The maximum Gasteiger partial charge on any atom is 0.106 e. The lowest BCUT2D eigenvalue weighted by Crippen LogP contribution is -2.30. The van der Waals surface area contributed by atoms with Crippen molar-refractivity contribution in [3.63, 3.8) is 0 Å². The average Bonchev–Trinajstić information content (AvgIpc) is 2.67. The molecule has 1 heterocycles. The van der Waals surface area contributed by atoms with Gasteiger partial charge in [-0.3, -0.25) is 0 Å². The molecule has 86 valence electrons. The van der Waals surface area contributed by atoms with Gasteiger partial charge in [-0.05, 0) is 11.8 Å². The van der Waals surface area contributed by atoms with Gasteiger partial charge in [0.05, 0.1) is 0 Å². The highest BCUT2D eigenvalue weighted by Gasteiger charge is 2.16. The molecule has 0 fully saturated rings. The van der Waals surface area contributed by atoms with Crippen LogP contribution in [0.2, 0.25) is 0 Å². The van der Waals surface area contributed by atoms with Crippen LogP contribution in [-0.2, 0) is 11.3 Å². The number of methoxy groups -OCH3 is 1. The molecule has 3 nitrogen and oxygen atoms in total. The number of thiazole rings is 1. The summed E-state index contributed by atoms with van der Waals surface area (Å²) in [5.74, 6) is 0. The number of ether oxygens (including phenoxy) is 1. The first-order valence-corrected chi connectivity index (χ1v) is 6.10. The molecule has 0 aliphatic heterocycles. The summed E-state index contributed by atoms with van der Waals surface area (Å²) in [5, 5.41) is 6.59. The third-order valence-electron chi connectivity index (χ3n) is 2.35. The van der Waals surface area contributed by atoms with Crippen LogP contribution in [0.4, 0.5) is 0 Å². The Morgan fingerprint density at radius 2 is 2.33 bits per heavy atom. The summed E-state index contributed by atoms with van der Waals surface area (Å²) in [7, 11) is 1.75. The van der Waals surface area contributed by atoms with Gasteiger partial charge in [-0.25, -0.2) is 4.98 Å². The minimum absolute atomic E-state index is 0.285. The van der Waals surface area contributed by atoms with E-state index < -0.39 is 0 Å². The molecule has 0 aliphatic carbocycles. The highest BCUT2D eigenvalue weighted by molar-refractivity contribution is 7.09. The molecule has 0 bridgehead atoms. The summed E-state index contributed by atoms with van der Waals surface area (Å²) in [6.07, 6.45) is 2.92. The van der Waals surface area contributed by atoms with Crippen molar-refractivity contribution in [3.05, 3.63) is 16.6 Å². The van der Waals surface area contributed by atoms with Crippen molar-refractivity contribution >= 4 is 11.3 Å². The lowest BCUT2D eigenvalue weighted by molar-refractivity contribution is 0.150. The first kappa shape index (κ1) is 12.6. The Kier molecular flexibility index (Phi) is 5.22. The van der Waals surface area contributed by atoms with Crippen molar-refractivity contribution in [3.8, 4) is 0 Å². The molecule has 1 aromatic rings. The Labute approximate surface area is 95.9 Å². The van der Waals surface area contributed by atoms with E-state index in [0.29, 0.717) is 0 Å². The highest BCUT2D eigenvalue weighted by Crippen LogP contribution is 2.18. The van der Waals surface area contributed by atoms with Crippen LogP contribution < -0.4 is 5.32 Å². The molecule has 0 aromatic carbocycles. The SMILES string of the molecule is COCCC(C)(C)CNCc1nccs1. The molecule has 0 amide bonds. The van der Waals surface area contributed by atoms with E-state index in [1.807, 2.05) is 11.6 Å². The van der Waals surface area contributed by atoms with Crippen molar-refractivity contribution in [2.75, 3.05) is 20.3 Å². The van der Waals surface area contributed by atoms with Gasteiger partial charge in [-0.1, -0.05) is 13.8 Å². The molecule has 1 N–H and O–H groups in total. The van der Waals surface area contributed by atoms with E-state index in [4.69, 9.17) is 4.74 Å². The number of hydrogen-bond acceptors (Lipinski definition) is 4. The molecule has 0 radical (unpaired) electrons. The Hall–Kier alpha value is -0.450. The van der Waals surface area contributed by atoms with Gasteiger partial charge in [-0.15, -0.1) is 11.3 Å². The maximum atomic E-state index is 5.09. The molecule has 0 spiro atoms. The minimum Gasteiger partial charge on any atom is -0.385 e. The largest absolute Gasteiger partial charge is 0.385 e. The van der Waals surface area contributed by atoms with Gasteiger partial charge in [0.2, 0.25) is 0 Å². The summed E-state index contributed by atoms with van der Waals surface area (Å²) in [6.45, 7) is 7.19. The molecular formula is C11H20N2OS. The van der Waals surface area contributed by atoms with Gasteiger partial charge in [0.1, 0.15) is 5.01 Å². The molecule has 0 atom stereocenters. The zero-order chi connectivity index (χ0) is 11.1. The zero-order valence-corrected chi connectivity index (χ0v) is 10.6. The predicted octanol–water partition coefficient (Wildman–Crippen LogP) is 2.30. The van der Waals surface area contributed by atoms with E-state index in [1.165, 1.54) is 0 Å². The standard InChI is InChI=1S/C11H20N2OS/c1-11(2,4-6-14-3)9-12-8-10-13-5-7-15-10/h5,7,12H,4,6,8-9H2,1-3H3. The smallest absolute Gasteiger partial charge is 0.106 e. The van der Waals surface area contributed by atoms with Crippen LogP contribution in [0.15, 0.2) is 11.6 Å². The minimum atomic E-state index is 0.285. The fraction of sp³-hybridized carbons (Fsp3) is 0.727. The van der Waals surface area contributed by atoms with Gasteiger partial charge in [0.25, 0.3) is 0 Å². The summed E-state index contributed by atoms with van der Waals surface area (Å²) in [6, 6.07) is 0. The molecular weight excluding hydrogens is 208 g/mol. The second-order valence-electron chi connectivity index (χ2n) is 4.44. The lowest BCUT2D eigenvalue weighted by Gasteiger charge is -2.24. The summed E-state index contributed by atoms with van der Waals surface area (Å²) in [5.41, 5.74) is 0.285. The maximum absolute atomic E-state index is 5.09. The highest BCUT2D eigenvalue weighted by atomic mass is 32.1. The Balaban J connectivity index is 2.18. The van der Waals surface area contributed by atoms with Crippen molar-refractivity contribution in [1.29, 1.82) is 0 Å². The van der Waals surface area contributed by atoms with E-state index in [-0.39, 0.29) is 5.41 Å². The zero-order valence-electron chi connectivity index (χ0n) is 9.75. The summed E-state index contributed by atoms with van der Waals surface area (Å²) >= 11 is 1.69. The van der Waals surface area contributed by atoms with Crippen molar-refractivity contribution in [1.82, 2.24) is 10.3 Å². The van der Waals surface area contributed by atoms with Crippen LogP contribution >= 0.6 is 11.3 Å². The van der Waals surface area contributed by atoms with Crippen LogP contribution in [0.1, 0.15) is 25.3 Å². The van der Waals surface area contributed by atoms with E-state index in [1.54, 1.807) is 18.4 Å². The number of rotatable bonds is 7. The summed E-state index contributed by atoms with van der Waals surface area (Å²) in [4.78, 5) is 4.23. The fourth-order valence-corrected chi connectivity index (χ4v) is 1.90. The van der Waals surface area contributed by atoms with Gasteiger partial charge in [0.15, 0.2) is 0 Å². The second kappa shape index (κ2) is 6.20. The predicted molar refractivity (Wildman–Crippen MR) is 64.1 cm³/mol. The molecule has 15 heavy (non-hydrogen) atoms. The van der Waals surface area contributed by atoms with E-state index in [9.17, 15) is 0 Å². The third-order valence-corrected chi connectivity index (χ3v) is 3.13. The van der Waals surface area contributed by atoms with Gasteiger partial charge in [-0.2, -0.15) is 0 Å². The number of nitrogens with one attached hydrogen (secondary N) is 1. The number of nitrogens with zero attached hydrogens (tertiary/aromatic N) is 1. The molecule has 0 aliphatic rings. The van der Waals surface area contributed by atoms with Gasteiger partial charge in [0, 0.05) is 38.4 Å². The Morgan fingerprint density at radius 3 is 2.93 bits per heavy atom. The number of aromatic nitrogens is 1. The quantitative estimate of drug-likeness (QED) is 0.777. The van der Waals surface area contributed by atoms with E-state index in [0.717, 1.165) is 31.1 Å². The normalized spacial score (nSPS) is 11.9. The van der Waals surface area contributed by atoms with Gasteiger partial charge >= 0.3 is 0 Å². The van der Waals surface area contributed by atoms with Crippen LogP contribution in [-0.4, -0.2) is 25.2 Å². The Morgan fingerprint density at radius 1 is 1.53 bits per heavy atom. The first-order valence-electron chi connectivity index (χ1n) is 5.22. The number of hydrogen-bond donors (Lipinski definition) is 1. The van der Waals surface area contributed by atoms with Crippen LogP contribution in [0, 0.1) is 5.41 Å². The molecule has 4 heteroatoms. The molecule has 1 aromatic heterocycles. The fourth-order valence-electron chi connectivity index (χ4n) is 1.31. The Bertz CT molecular complexity index is 260. The third kappa shape index (κ3) is 5.25. The van der Waals surface area contributed by atoms with Crippen molar-refractivity contribution in [2.45, 2.75) is 26.8 Å². The van der Waals surface area contributed by atoms with Crippen molar-refractivity contribution in [2.24, 2.45) is 5.41 Å². The first-order chi connectivity index (χ1) is 7.14. The molecule has 0 unspecified atom stereocenters. The van der Waals surface area contributed by atoms with Crippen molar-refractivity contribution < 1.29 is 4.74 Å². The topological polar surface area (TPSA) is 34.1 Å². The van der Waals surface area contributed by atoms with Crippen LogP contribution in [0.3, 0.4) is 0 Å².